The quantitative estimate of drug-likeness (QED) is 0.418. The van der Waals surface area contributed by atoms with E-state index in [-0.39, 0.29) is 35.0 Å². The van der Waals surface area contributed by atoms with Crippen LogP contribution in [0.2, 0.25) is 0 Å². The van der Waals surface area contributed by atoms with Crippen LogP contribution >= 0.6 is 0 Å². The van der Waals surface area contributed by atoms with Crippen LogP contribution in [0.1, 0.15) is 45.1 Å². The molecule has 1 fully saturated rings. The van der Waals surface area contributed by atoms with Crippen LogP contribution in [0.4, 0.5) is 11.4 Å². The molecule has 1 aromatic carbocycles. The first-order valence-corrected chi connectivity index (χ1v) is 9.08. The molecule has 1 saturated heterocycles. The molecule has 0 radical (unpaired) electrons. The second-order valence-electron chi connectivity index (χ2n) is 6.97. The summed E-state index contributed by atoms with van der Waals surface area (Å²) in [6.07, 6.45) is 0.924. The van der Waals surface area contributed by atoms with Crippen LogP contribution in [0, 0.1) is 16.0 Å². The monoisotopic (exact) mass is 364 g/mol. The molecule has 0 bridgehead atoms. The minimum Gasteiger partial charge on any atom is -0.469 e. The zero-order valence-corrected chi connectivity index (χ0v) is 15.9. The maximum atomic E-state index is 11.7. The molecule has 2 atom stereocenters. The highest BCUT2D eigenvalue weighted by molar-refractivity contribution is 5.71. The molecule has 0 aromatic heterocycles. The van der Waals surface area contributed by atoms with Gasteiger partial charge < -0.3 is 14.4 Å². The van der Waals surface area contributed by atoms with Gasteiger partial charge in [-0.3, -0.25) is 14.9 Å². The summed E-state index contributed by atoms with van der Waals surface area (Å²) in [6.45, 7) is 7.90. The molecular weight excluding hydrogens is 336 g/mol. The molecule has 1 aliphatic heterocycles. The van der Waals surface area contributed by atoms with Crippen LogP contribution in [0.25, 0.3) is 0 Å². The average molecular weight is 364 g/mol. The minimum atomic E-state index is -0.337. The van der Waals surface area contributed by atoms with Gasteiger partial charge in [0.05, 0.1) is 37.7 Å². The smallest absolute Gasteiger partial charge is 0.306 e. The highest BCUT2D eigenvalue weighted by Gasteiger charge is 2.31. The number of rotatable bonds is 7. The molecule has 0 spiro atoms. The summed E-state index contributed by atoms with van der Waals surface area (Å²) in [7, 11) is 1.35. The number of benzene rings is 1. The summed E-state index contributed by atoms with van der Waals surface area (Å²) in [4.78, 5) is 25.1. The molecule has 2 rings (SSSR count). The third-order valence-corrected chi connectivity index (χ3v) is 5.05. The molecule has 144 valence electrons. The summed E-state index contributed by atoms with van der Waals surface area (Å²) in [5.41, 5.74) is 1.50. The van der Waals surface area contributed by atoms with Gasteiger partial charge in [0, 0.05) is 12.6 Å². The van der Waals surface area contributed by atoms with Gasteiger partial charge in [-0.05, 0) is 29.9 Å². The molecule has 7 nitrogen and oxygen atoms in total. The van der Waals surface area contributed by atoms with Gasteiger partial charge >= 0.3 is 5.97 Å². The molecule has 26 heavy (non-hydrogen) atoms. The van der Waals surface area contributed by atoms with Crippen LogP contribution < -0.4 is 4.90 Å². The number of hydrogen-bond acceptors (Lipinski definition) is 6. The highest BCUT2D eigenvalue weighted by atomic mass is 16.6. The molecule has 7 heteroatoms. The maximum Gasteiger partial charge on any atom is 0.306 e. The van der Waals surface area contributed by atoms with E-state index in [0.29, 0.717) is 37.8 Å². The Bertz CT molecular complexity index is 647. The van der Waals surface area contributed by atoms with Crippen molar-refractivity contribution < 1.29 is 19.2 Å². The first kappa shape index (κ1) is 20.2. The van der Waals surface area contributed by atoms with Gasteiger partial charge in [-0.25, -0.2) is 0 Å². The predicted octanol–water partition coefficient (Wildman–Crippen LogP) is 3.51. The van der Waals surface area contributed by atoms with Gasteiger partial charge in [0.2, 0.25) is 0 Å². The highest BCUT2D eigenvalue weighted by Crippen LogP contribution is 2.36. The molecule has 1 heterocycles. The number of nitro benzene ring substituents is 1. The molecule has 1 aliphatic rings. The minimum absolute atomic E-state index is 0.0818. The Morgan fingerprint density at radius 1 is 1.46 bits per heavy atom. The number of carbonyl (C=O) groups excluding carboxylic acids is 1. The lowest BCUT2D eigenvalue weighted by atomic mass is 9.92. The van der Waals surface area contributed by atoms with E-state index in [1.165, 1.54) is 7.11 Å². The van der Waals surface area contributed by atoms with Crippen LogP contribution in [-0.4, -0.2) is 43.8 Å². The molecular formula is C19H28N2O5. The van der Waals surface area contributed by atoms with Crippen molar-refractivity contribution in [1.29, 1.82) is 0 Å². The normalized spacial score (nSPS) is 18.7. The molecule has 0 amide bonds. The van der Waals surface area contributed by atoms with E-state index >= 15 is 0 Å². The van der Waals surface area contributed by atoms with Gasteiger partial charge in [0.25, 0.3) is 5.69 Å². The fourth-order valence-corrected chi connectivity index (χ4v) is 3.44. The molecule has 1 aromatic rings. The standard InChI is InChI=1S/C19H28N2O5/c1-5-14(11-19(22)25-4)15-6-7-16(17(10-15)21(23)24)20-8-9-26-12-18(20)13(2)3/h6-7,10,13-14,18H,5,8-9,11-12H2,1-4H3/t14-,18-/m1/s1. The van der Waals surface area contributed by atoms with Gasteiger partial charge in [0.1, 0.15) is 5.69 Å². The average Bonchev–Trinajstić information content (AvgIpc) is 2.65. The molecule has 0 N–H and O–H groups in total. The van der Waals surface area contributed by atoms with Crippen molar-refractivity contribution in [3.63, 3.8) is 0 Å². The number of nitrogens with zero attached hydrogens (tertiary/aromatic N) is 2. The van der Waals surface area contributed by atoms with Gasteiger partial charge in [-0.1, -0.05) is 26.8 Å². The zero-order valence-electron chi connectivity index (χ0n) is 15.9. The summed E-state index contributed by atoms with van der Waals surface area (Å²) in [6, 6.07) is 5.42. The number of hydrogen-bond donors (Lipinski definition) is 0. The Kier molecular flexibility index (Phi) is 6.97. The Hall–Kier alpha value is -2.15. The van der Waals surface area contributed by atoms with E-state index in [1.54, 1.807) is 6.07 Å². The Morgan fingerprint density at radius 3 is 2.77 bits per heavy atom. The first-order chi connectivity index (χ1) is 12.4. The fraction of sp³-hybridized carbons (Fsp3) is 0.632. The zero-order chi connectivity index (χ0) is 19.3. The molecule has 0 aliphatic carbocycles. The summed E-state index contributed by atoms with van der Waals surface area (Å²) < 4.78 is 10.3. The second-order valence-corrected chi connectivity index (χ2v) is 6.97. The van der Waals surface area contributed by atoms with Crippen molar-refractivity contribution in [1.82, 2.24) is 0 Å². The number of ether oxygens (including phenoxy) is 2. The van der Waals surface area contributed by atoms with Crippen LogP contribution in [-0.2, 0) is 14.3 Å². The number of carbonyl (C=O) groups is 1. The number of anilines is 1. The van der Waals surface area contributed by atoms with Crippen molar-refractivity contribution >= 4 is 17.3 Å². The van der Waals surface area contributed by atoms with E-state index in [4.69, 9.17) is 9.47 Å². The van der Waals surface area contributed by atoms with E-state index in [0.717, 1.165) is 5.56 Å². The lowest BCUT2D eigenvalue weighted by Crippen LogP contribution is -2.48. The van der Waals surface area contributed by atoms with Crippen molar-refractivity contribution in [2.45, 2.75) is 45.6 Å². The largest absolute Gasteiger partial charge is 0.469 e. The number of morpholine rings is 1. The summed E-state index contributed by atoms with van der Waals surface area (Å²) >= 11 is 0. The van der Waals surface area contributed by atoms with E-state index < -0.39 is 0 Å². The van der Waals surface area contributed by atoms with Crippen LogP contribution in [0.3, 0.4) is 0 Å². The Balaban J connectivity index is 2.39. The SMILES string of the molecule is CC[C@H](CC(=O)OC)c1ccc(N2CCOC[C@@H]2C(C)C)c([N+](=O)[O-])c1. The predicted molar refractivity (Wildman–Crippen MR) is 99.6 cm³/mol. The topological polar surface area (TPSA) is 81.9 Å². The number of nitro groups is 1. The third-order valence-electron chi connectivity index (χ3n) is 5.05. The third kappa shape index (κ3) is 4.52. The van der Waals surface area contributed by atoms with Crippen LogP contribution in [0.15, 0.2) is 18.2 Å². The lowest BCUT2D eigenvalue weighted by Gasteiger charge is -2.39. The van der Waals surface area contributed by atoms with Gasteiger partial charge in [-0.15, -0.1) is 0 Å². The number of methoxy groups -OCH3 is 1. The maximum absolute atomic E-state index is 11.7. The molecule has 0 saturated carbocycles. The van der Waals surface area contributed by atoms with Crippen molar-refractivity contribution in [2.75, 3.05) is 31.8 Å². The first-order valence-electron chi connectivity index (χ1n) is 9.08. The van der Waals surface area contributed by atoms with Gasteiger partial charge in [0.15, 0.2) is 0 Å². The Labute approximate surface area is 154 Å². The van der Waals surface area contributed by atoms with E-state index in [2.05, 4.69) is 18.7 Å². The fourth-order valence-electron chi connectivity index (χ4n) is 3.44. The lowest BCUT2D eigenvalue weighted by molar-refractivity contribution is -0.384. The van der Waals surface area contributed by atoms with Crippen molar-refractivity contribution in [2.24, 2.45) is 5.92 Å². The van der Waals surface area contributed by atoms with Gasteiger partial charge in [-0.2, -0.15) is 0 Å². The van der Waals surface area contributed by atoms with Crippen molar-refractivity contribution in [3.05, 3.63) is 33.9 Å². The van der Waals surface area contributed by atoms with E-state index in [9.17, 15) is 14.9 Å². The van der Waals surface area contributed by atoms with E-state index in [1.807, 2.05) is 19.1 Å². The summed E-state index contributed by atoms with van der Waals surface area (Å²) in [5, 5.41) is 11.7. The second kappa shape index (κ2) is 8.98. The summed E-state index contributed by atoms with van der Waals surface area (Å²) in [5.74, 6) is -0.0882. The van der Waals surface area contributed by atoms with Crippen molar-refractivity contribution in [3.8, 4) is 0 Å². The molecule has 0 unspecified atom stereocenters. The Morgan fingerprint density at radius 2 is 2.19 bits per heavy atom. The number of esters is 1. The van der Waals surface area contributed by atoms with Crippen LogP contribution in [0.5, 0.6) is 0 Å².